The van der Waals surface area contributed by atoms with Crippen LogP contribution in [0.25, 0.3) is 10.9 Å². The molecule has 0 spiro atoms. The highest BCUT2D eigenvalue weighted by Gasteiger charge is 2.20. The largest absolute Gasteiger partial charge is 0.462 e. The summed E-state index contributed by atoms with van der Waals surface area (Å²) in [5.41, 5.74) is 8.39. The third-order valence-electron chi connectivity index (χ3n) is 3.53. The average Bonchev–Trinajstić information content (AvgIpc) is 2.98. The molecule has 0 unspecified atom stereocenters. The van der Waals surface area contributed by atoms with Gasteiger partial charge in [-0.05, 0) is 25.5 Å². The molecule has 0 radical (unpaired) electrons. The number of pyridine rings is 1. The van der Waals surface area contributed by atoms with Crippen molar-refractivity contribution in [3.63, 3.8) is 0 Å². The molecule has 0 aliphatic rings. The fourth-order valence-corrected chi connectivity index (χ4v) is 3.22. The predicted octanol–water partition coefficient (Wildman–Crippen LogP) is 2.71. The summed E-state index contributed by atoms with van der Waals surface area (Å²) in [6.07, 6.45) is 0. The number of nitrogens with zero attached hydrogens (tertiary/aromatic N) is 3. The number of nitrogens with two attached hydrogens (primary N) is 1. The number of hydrogen-bond acceptors (Lipinski definition) is 7. The maximum atomic E-state index is 12.4. The number of aryl methyl sites for hydroxylation is 1. The van der Waals surface area contributed by atoms with Crippen LogP contribution in [0.2, 0.25) is 0 Å². The molecular weight excluding hydrogens is 326 g/mol. The molecule has 3 N–H and O–H groups in total. The van der Waals surface area contributed by atoms with E-state index in [1.807, 2.05) is 31.2 Å². The lowest BCUT2D eigenvalue weighted by atomic mass is 10.0. The number of H-pyrrole nitrogens is 1. The van der Waals surface area contributed by atoms with Gasteiger partial charge in [0.25, 0.3) is 0 Å². The van der Waals surface area contributed by atoms with Crippen LogP contribution in [0.15, 0.2) is 29.4 Å². The molecule has 0 bridgehead atoms. The quantitative estimate of drug-likeness (QED) is 0.542. The summed E-state index contributed by atoms with van der Waals surface area (Å²) in [5, 5.41) is 8.02. The third kappa shape index (κ3) is 3.18. The van der Waals surface area contributed by atoms with Gasteiger partial charge in [-0.1, -0.05) is 30.0 Å². The molecule has 0 saturated heterocycles. The molecule has 124 valence electrons. The number of para-hydroxylation sites is 1. The van der Waals surface area contributed by atoms with Crippen molar-refractivity contribution >= 4 is 34.6 Å². The van der Waals surface area contributed by atoms with Crippen molar-refractivity contribution in [1.82, 2.24) is 20.2 Å². The summed E-state index contributed by atoms with van der Waals surface area (Å²) < 4.78 is 5.21. The van der Waals surface area contributed by atoms with Gasteiger partial charge in [-0.15, -0.1) is 5.10 Å². The summed E-state index contributed by atoms with van der Waals surface area (Å²) >= 11 is 1.36. The third-order valence-corrected chi connectivity index (χ3v) is 4.39. The number of hydrogen-bond donors (Lipinski definition) is 2. The molecule has 2 aromatic heterocycles. The number of ether oxygens (including phenoxy) is 1. The standard InChI is InChI=1S/C16H17N5O2S/c1-3-23-14(22)13-9(2)10-6-4-5-7-11(10)18-12(13)8-24-16-19-15(17)20-21-16/h4-7H,3,8H2,1-2H3,(H3,17,19,20,21). The number of thioether (sulfide) groups is 1. The van der Waals surface area contributed by atoms with Crippen molar-refractivity contribution < 1.29 is 9.53 Å². The summed E-state index contributed by atoms with van der Waals surface area (Å²) in [7, 11) is 0. The van der Waals surface area contributed by atoms with E-state index in [9.17, 15) is 4.79 Å². The number of aromatic amines is 1. The van der Waals surface area contributed by atoms with Crippen LogP contribution in [-0.4, -0.2) is 32.7 Å². The van der Waals surface area contributed by atoms with Gasteiger partial charge in [0.2, 0.25) is 11.1 Å². The molecule has 0 fully saturated rings. The van der Waals surface area contributed by atoms with Crippen LogP contribution in [0.3, 0.4) is 0 Å². The topological polar surface area (TPSA) is 107 Å². The molecule has 0 amide bonds. The van der Waals surface area contributed by atoms with E-state index >= 15 is 0 Å². The first-order chi connectivity index (χ1) is 11.6. The lowest BCUT2D eigenvalue weighted by Crippen LogP contribution is -2.12. The first-order valence-electron chi connectivity index (χ1n) is 7.46. The Morgan fingerprint density at radius 3 is 2.83 bits per heavy atom. The van der Waals surface area contributed by atoms with E-state index in [4.69, 9.17) is 10.5 Å². The molecule has 2 heterocycles. The SMILES string of the molecule is CCOC(=O)c1c(CSc2n[nH]c(N)n2)nc2ccccc2c1C. The van der Waals surface area contributed by atoms with Crippen molar-refractivity contribution in [2.75, 3.05) is 12.3 Å². The van der Waals surface area contributed by atoms with Crippen LogP contribution in [0.5, 0.6) is 0 Å². The minimum absolute atomic E-state index is 0.255. The fraction of sp³-hybridized carbons (Fsp3) is 0.250. The molecule has 1 aromatic carbocycles. The number of rotatable bonds is 5. The first-order valence-corrected chi connectivity index (χ1v) is 8.44. The number of carbonyl (C=O) groups is 1. The average molecular weight is 343 g/mol. The van der Waals surface area contributed by atoms with Crippen LogP contribution in [0.4, 0.5) is 5.95 Å². The Morgan fingerprint density at radius 1 is 1.33 bits per heavy atom. The summed E-state index contributed by atoms with van der Waals surface area (Å²) in [6, 6.07) is 7.73. The number of nitrogens with one attached hydrogen (secondary N) is 1. The van der Waals surface area contributed by atoms with Crippen molar-refractivity contribution in [2.24, 2.45) is 0 Å². The van der Waals surface area contributed by atoms with Crippen molar-refractivity contribution in [3.05, 3.63) is 41.1 Å². The predicted molar refractivity (Wildman–Crippen MR) is 92.8 cm³/mol. The Balaban J connectivity index is 2.02. The van der Waals surface area contributed by atoms with Gasteiger partial charge in [0, 0.05) is 11.1 Å². The molecule has 24 heavy (non-hydrogen) atoms. The molecule has 0 saturated carbocycles. The van der Waals surface area contributed by atoms with E-state index in [0.717, 1.165) is 16.5 Å². The van der Waals surface area contributed by atoms with Gasteiger partial charge >= 0.3 is 5.97 Å². The van der Waals surface area contributed by atoms with Gasteiger partial charge in [0.15, 0.2) is 0 Å². The summed E-state index contributed by atoms with van der Waals surface area (Å²) in [5.74, 6) is 0.334. The van der Waals surface area contributed by atoms with Crippen molar-refractivity contribution in [2.45, 2.75) is 24.8 Å². The first kappa shape index (κ1) is 16.3. The zero-order valence-corrected chi connectivity index (χ0v) is 14.2. The van der Waals surface area contributed by atoms with Crippen LogP contribution in [0.1, 0.15) is 28.5 Å². The van der Waals surface area contributed by atoms with Gasteiger partial charge in [-0.25, -0.2) is 9.89 Å². The number of benzene rings is 1. The number of aromatic nitrogens is 4. The maximum Gasteiger partial charge on any atom is 0.340 e. The fourth-order valence-electron chi connectivity index (χ4n) is 2.47. The van der Waals surface area contributed by atoms with Gasteiger partial charge in [-0.3, -0.25) is 4.98 Å². The van der Waals surface area contributed by atoms with Gasteiger partial charge in [0.1, 0.15) is 0 Å². The van der Waals surface area contributed by atoms with Crippen molar-refractivity contribution in [1.29, 1.82) is 0 Å². The number of fused-ring (bicyclic) bond motifs is 1. The Labute approximate surface area is 143 Å². The second-order valence-electron chi connectivity index (χ2n) is 5.09. The minimum atomic E-state index is -0.363. The highest BCUT2D eigenvalue weighted by Crippen LogP contribution is 2.28. The van der Waals surface area contributed by atoms with Gasteiger partial charge in [0.05, 0.1) is 23.4 Å². The summed E-state index contributed by atoms with van der Waals surface area (Å²) in [6.45, 7) is 4.01. The smallest absolute Gasteiger partial charge is 0.340 e. The molecule has 0 aliphatic heterocycles. The van der Waals surface area contributed by atoms with E-state index in [2.05, 4.69) is 20.2 Å². The van der Waals surface area contributed by atoms with Crippen LogP contribution < -0.4 is 5.73 Å². The van der Waals surface area contributed by atoms with Gasteiger partial charge < -0.3 is 10.5 Å². The van der Waals surface area contributed by atoms with E-state index in [-0.39, 0.29) is 11.9 Å². The maximum absolute atomic E-state index is 12.4. The normalized spacial score (nSPS) is 10.9. The van der Waals surface area contributed by atoms with E-state index in [1.165, 1.54) is 11.8 Å². The lowest BCUT2D eigenvalue weighted by molar-refractivity contribution is 0.0524. The highest BCUT2D eigenvalue weighted by molar-refractivity contribution is 7.98. The van der Waals surface area contributed by atoms with Crippen LogP contribution in [-0.2, 0) is 10.5 Å². The molecule has 3 rings (SSSR count). The van der Waals surface area contributed by atoms with E-state index < -0.39 is 0 Å². The number of esters is 1. The molecule has 8 heteroatoms. The Hall–Kier alpha value is -2.61. The second-order valence-corrected chi connectivity index (χ2v) is 6.03. The van der Waals surface area contributed by atoms with E-state index in [1.54, 1.807) is 6.92 Å². The monoisotopic (exact) mass is 343 g/mol. The lowest BCUT2D eigenvalue weighted by Gasteiger charge is -2.13. The van der Waals surface area contributed by atoms with Crippen molar-refractivity contribution in [3.8, 4) is 0 Å². The molecular formula is C16H17N5O2S. The van der Waals surface area contributed by atoms with E-state index in [0.29, 0.717) is 28.8 Å². The Morgan fingerprint density at radius 2 is 2.12 bits per heavy atom. The van der Waals surface area contributed by atoms with Gasteiger partial charge in [-0.2, -0.15) is 4.98 Å². The molecule has 3 aromatic rings. The number of nitrogen functional groups attached to an aromatic ring is 1. The Kier molecular flexibility index (Phi) is 4.66. The minimum Gasteiger partial charge on any atom is -0.462 e. The summed E-state index contributed by atoms with van der Waals surface area (Å²) in [4.78, 5) is 21.1. The number of carbonyl (C=O) groups excluding carboxylic acids is 1. The second kappa shape index (κ2) is 6.88. The highest BCUT2D eigenvalue weighted by atomic mass is 32.2. The molecule has 0 atom stereocenters. The zero-order chi connectivity index (χ0) is 17.1. The Bertz CT molecular complexity index is 893. The number of anilines is 1. The van der Waals surface area contributed by atoms with Crippen LogP contribution >= 0.6 is 11.8 Å². The molecule has 7 nitrogen and oxygen atoms in total. The van der Waals surface area contributed by atoms with Crippen LogP contribution in [0, 0.1) is 6.92 Å². The molecule has 0 aliphatic carbocycles. The zero-order valence-electron chi connectivity index (χ0n) is 13.4.